The molecule has 16 heavy (non-hydrogen) atoms. The predicted octanol–water partition coefficient (Wildman–Crippen LogP) is 0.801. The number of hydrogen-bond acceptors (Lipinski definition) is 4. The van der Waals surface area contributed by atoms with Crippen LogP contribution in [0.5, 0.6) is 0 Å². The van der Waals surface area contributed by atoms with Crippen LogP contribution in [0.2, 0.25) is 0 Å². The van der Waals surface area contributed by atoms with Crippen LogP contribution in [0, 0.1) is 0 Å². The van der Waals surface area contributed by atoms with Crippen LogP contribution in [-0.2, 0) is 13.1 Å². The van der Waals surface area contributed by atoms with Gasteiger partial charge < -0.3 is 15.4 Å². The molecule has 2 heterocycles. The number of nitrogens with zero attached hydrogens (tertiary/aromatic N) is 2. The van der Waals surface area contributed by atoms with Crippen molar-refractivity contribution in [3.05, 3.63) is 29.3 Å². The van der Waals surface area contributed by atoms with Gasteiger partial charge >= 0.3 is 0 Å². The minimum Gasteiger partial charge on any atom is -0.369 e. The second-order valence-corrected chi connectivity index (χ2v) is 4.46. The summed E-state index contributed by atoms with van der Waals surface area (Å²) in [5.41, 5.74) is 4.20. The molecular formula is C12H17N3O. The maximum Gasteiger partial charge on any atom is 0.0416 e. The second kappa shape index (κ2) is 4.05. The van der Waals surface area contributed by atoms with Gasteiger partial charge in [0.2, 0.25) is 0 Å². The molecule has 1 saturated heterocycles. The average molecular weight is 219 g/mol. The summed E-state index contributed by atoms with van der Waals surface area (Å²) >= 11 is 0. The standard InChI is InChI=1S/C12H17N3O/c16-15-6-4-14(5-7-15)12-3-1-2-10-8-13-9-11(10)12/h1-3,13,16H,4-9H2. The van der Waals surface area contributed by atoms with Crippen LogP contribution >= 0.6 is 0 Å². The lowest BCUT2D eigenvalue weighted by atomic mass is 10.1. The zero-order chi connectivity index (χ0) is 11.0. The summed E-state index contributed by atoms with van der Waals surface area (Å²) in [4.78, 5) is 2.37. The zero-order valence-corrected chi connectivity index (χ0v) is 9.32. The lowest BCUT2D eigenvalue weighted by Crippen LogP contribution is -2.45. The molecule has 0 aliphatic carbocycles. The van der Waals surface area contributed by atoms with E-state index < -0.39 is 0 Å². The van der Waals surface area contributed by atoms with Crippen LogP contribution in [0.3, 0.4) is 0 Å². The summed E-state index contributed by atoms with van der Waals surface area (Å²) in [5, 5.41) is 14.2. The normalized spacial score (nSPS) is 21.2. The highest BCUT2D eigenvalue weighted by atomic mass is 16.5. The largest absolute Gasteiger partial charge is 0.369 e. The highest BCUT2D eigenvalue weighted by Crippen LogP contribution is 2.27. The van der Waals surface area contributed by atoms with E-state index in [0.29, 0.717) is 0 Å². The Morgan fingerprint density at radius 3 is 2.69 bits per heavy atom. The molecule has 1 aromatic carbocycles. The van der Waals surface area contributed by atoms with Crippen molar-refractivity contribution in [1.29, 1.82) is 0 Å². The summed E-state index contributed by atoms with van der Waals surface area (Å²) in [5.74, 6) is 0. The maximum atomic E-state index is 9.36. The fourth-order valence-corrected chi connectivity index (χ4v) is 2.55. The fourth-order valence-electron chi connectivity index (χ4n) is 2.55. The molecule has 0 unspecified atom stereocenters. The van der Waals surface area contributed by atoms with Gasteiger partial charge in [0.05, 0.1) is 0 Å². The summed E-state index contributed by atoms with van der Waals surface area (Å²) in [6, 6.07) is 6.52. The van der Waals surface area contributed by atoms with Crippen LogP contribution in [0.25, 0.3) is 0 Å². The third kappa shape index (κ3) is 1.69. The molecule has 0 aromatic heterocycles. The van der Waals surface area contributed by atoms with Gasteiger partial charge in [-0.1, -0.05) is 12.1 Å². The van der Waals surface area contributed by atoms with Crippen molar-refractivity contribution in [2.75, 3.05) is 31.1 Å². The molecular weight excluding hydrogens is 202 g/mol. The van der Waals surface area contributed by atoms with Gasteiger partial charge in [0.15, 0.2) is 0 Å². The Balaban J connectivity index is 1.87. The molecule has 2 aliphatic heterocycles. The first-order valence-corrected chi connectivity index (χ1v) is 5.85. The monoisotopic (exact) mass is 219 g/mol. The molecule has 1 fully saturated rings. The number of rotatable bonds is 1. The third-order valence-electron chi connectivity index (χ3n) is 3.46. The molecule has 4 nitrogen and oxygen atoms in total. The number of anilines is 1. The van der Waals surface area contributed by atoms with Crippen LogP contribution in [0.1, 0.15) is 11.1 Å². The van der Waals surface area contributed by atoms with Gasteiger partial charge in [-0.3, -0.25) is 0 Å². The van der Waals surface area contributed by atoms with Crippen molar-refractivity contribution in [1.82, 2.24) is 10.4 Å². The Kier molecular flexibility index (Phi) is 2.55. The van der Waals surface area contributed by atoms with E-state index in [4.69, 9.17) is 0 Å². The highest BCUT2D eigenvalue weighted by Gasteiger charge is 2.21. The topological polar surface area (TPSA) is 38.7 Å². The van der Waals surface area contributed by atoms with Gasteiger partial charge in [0.25, 0.3) is 0 Å². The molecule has 2 aliphatic rings. The molecule has 0 atom stereocenters. The maximum absolute atomic E-state index is 9.36. The Morgan fingerprint density at radius 1 is 1.06 bits per heavy atom. The predicted molar refractivity (Wildman–Crippen MR) is 62.6 cm³/mol. The van der Waals surface area contributed by atoms with Crippen LogP contribution < -0.4 is 10.2 Å². The number of fused-ring (bicyclic) bond motifs is 1. The molecule has 1 aromatic rings. The molecule has 0 spiro atoms. The second-order valence-electron chi connectivity index (χ2n) is 4.46. The molecule has 0 amide bonds. The van der Waals surface area contributed by atoms with E-state index in [1.165, 1.54) is 21.9 Å². The van der Waals surface area contributed by atoms with Crippen molar-refractivity contribution in [3.63, 3.8) is 0 Å². The van der Waals surface area contributed by atoms with Gasteiger partial charge in [0.1, 0.15) is 0 Å². The van der Waals surface area contributed by atoms with Gasteiger partial charge in [-0.15, -0.1) is 0 Å². The van der Waals surface area contributed by atoms with E-state index in [1.807, 2.05) is 0 Å². The Bertz CT molecular complexity index is 386. The first kappa shape index (κ1) is 10.1. The average Bonchev–Trinajstić information content (AvgIpc) is 2.78. The van der Waals surface area contributed by atoms with Crippen LogP contribution in [0.15, 0.2) is 18.2 Å². The lowest BCUT2D eigenvalue weighted by molar-refractivity contribution is -0.0935. The molecule has 4 heteroatoms. The molecule has 0 radical (unpaired) electrons. The first-order valence-electron chi connectivity index (χ1n) is 5.85. The number of piperazine rings is 1. The van der Waals surface area contributed by atoms with Crippen LogP contribution in [-0.4, -0.2) is 36.4 Å². The summed E-state index contributed by atoms with van der Waals surface area (Å²) in [7, 11) is 0. The fraction of sp³-hybridized carbons (Fsp3) is 0.500. The van der Waals surface area contributed by atoms with E-state index in [0.717, 1.165) is 39.3 Å². The van der Waals surface area contributed by atoms with Gasteiger partial charge in [0, 0.05) is 45.0 Å². The Morgan fingerprint density at radius 2 is 1.88 bits per heavy atom. The lowest BCUT2D eigenvalue weighted by Gasteiger charge is -2.34. The quantitative estimate of drug-likeness (QED) is 0.733. The van der Waals surface area contributed by atoms with E-state index in [-0.39, 0.29) is 0 Å². The molecule has 0 saturated carbocycles. The van der Waals surface area contributed by atoms with Crippen molar-refractivity contribution in [2.45, 2.75) is 13.1 Å². The van der Waals surface area contributed by atoms with Crippen molar-refractivity contribution in [3.8, 4) is 0 Å². The van der Waals surface area contributed by atoms with E-state index in [1.54, 1.807) is 0 Å². The summed E-state index contributed by atoms with van der Waals surface area (Å²) in [6.07, 6.45) is 0. The number of hydroxylamine groups is 2. The third-order valence-corrected chi connectivity index (χ3v) is 3.46. The Hall–Kier alpha value is -1.10. The van der Waals surface area contributed by atoms with E-state index in [2.05, 4.69) is 28.4 Å². The first-order chi connectivity index (χ1) is 7.84. The van der Waals surface area contributed by atoms with Gasteiger partial charge in [-0.05, 0) is 17.2 Å². The minimum atomic E-state index is 0.733. The van der Waals surface area contributed by atoms with Crippen LogP contribution in [0.4, 0.5) is 5.69 Å². The molecule has 86 valence electrons. The SMILES string of the molecule is ON1CCN(c2cccc3c2CNC3)CC1. The molecule has 2 N–H and O–H groups in total. The van der Waals surface area contributed by atoms with Crippen molar-refractivity contribution < 1.29 is 5.21 Å². The summed E-state index contributed by atoms with van der Waals surface area (Å²) in [6.45, 7) is 5.25. The number of nitrogens with one attached hydrogen (secondary N) is 1. The van der Waals surface area contributed by atoms with E-state index >= 15 is 0 Å². The number of benzene rings is 1. The van der Waals surface area contributed by atoms with Gasteiger partial charge in [-0.2, -0.15) is 5.06 Å². The summed E-state index contributed by atoms with van der Waals surface area (Å²) < 4.78 is 0. The molecule has 0 bridgehead atoms. The smallest absolute Gasteiger partial charge is 0.0416 e. The Labute approximate surface area is 95.4 Å². The zero-order valence-electron chi connectivity index (χ0n) is 9.32. The van der Waals surface area contributed by atoms with Gasteiger partial charge in [-0.25, -0.2) is 0 Å². The number of hydrogen-bond donors (Lipinski definition) is 2. The van der Waals surface area contributed by atoms with Crippen molar-refractivity contribution in [2.24, 2.45) is 0 Å². The van der Waals surface area contributed by atoms with Crippen molar-refractivity contribution >= 4 is 5.69 Å². The molecule has 3 rings (SSSR count). The highest BCUT2D eigenvalue weighted by molar-refractivity contribution is 5.58. The van der Waals surface area contributed by atoms with E-state index in [9.17, 15) is 5.21 Å². The minimum absolute atomic E-state index is 0.733.